The van der Waals surface area contributed by atoms with Crippen LogP contribution in [0.5, 0.6) is 0 Å². The zero-order chi connectivity index (χ0) is 22.6. The predicted molar refractivity (Wildman–Crippen MR) is 136 cm³/mol. The highest BCUT2D eigenvalue weighted by Crippen LogP contribution is 2.24. The van der Waals surface area contributed by atoms with Crippen molar-refractivity contribution in [3.05, 3.63) is 95.7 Å². The Labute approximate surface area is 186 Å². The maximum absolute atomic E-state index is 8.34. The van der Waals surface area contributed by atoms with E-state index in [-0.39, 0.29) is 5.92 Å². The monoisotopic (exact) mass is 414 g/mol. The van der Waals surface area contributed by atoms with Gasteiger partial charge in [0.1, 0.15) is 0 Å². The number of allylic oxidation sites excluding steroid dienone is 3. The van der Waals surface area contributed by atoms with Crippen LogP contribution in [0.25, 0.3) is 6.08 Å². The molecule has 1 aliphatic rings. The SMILES string of the molecule is C=Cc1ccc(N)c(C(=N)/C=C/C2C=NC=CC2)c1CC.CNC(C)c1ccccc1. The molecule has 0 aromatic heterocycles. The summed E-state index contributed by atoms with van der Waals surface area (Å²) in [5.41, 5.74) is 11.4. The van der Waals surface area contributed by atoms with E-state index in [0.717, 1.165) is 29.5 Å². The molecule has 0 fully saturated rings. The highest BCUT2D eigenvalue weighted by Gasteiger charge is 2.12. The van der Waals surface area contributed by atoms with Gasteiger partial charge in [0, 0.05) is 35.6 Å². The normalized spacial score (nSPS) is 15.9. The molecular weight excluding hydrogens is 380 g/mol. The number of hydrogen-bond acceptors (Lipinski definition) is 4. The summed E-state index contributed by atoms with van der Waals surface area (Å²) in [5.74, 6) is 0.254. The van der Waals surface area contributed by atoms with Crippen LogP contribution in [0.3, 0.4) is 0 Å². The van der Waals surface area contributed by atoms with Gasteiger partial charge in [0.25, 0.3) is 0 Å². The molecule has 0 aliphatic carbocycles. The molecule has 2 aromatic carbocycles. The molecule has 0 radical (unpaired) electrons. The van der Waals surface area contributed by atoms with E-state index in [9.17, 15) is 0 Å². The van der Waals surface area contributed by atoms with Crippen molar-refractivity contribution >= 4 is 23.7 Å². The number of benzene rings is 2. The van der Waals surface area contributed by atoms with Gasteiger partial charge in [0.05, 0.1) is 5.71 Å². The smallest absolute Gasteiger partial charge is 0.0632 e. The quantitative estimate of drug-likeness (QED) is 0.386. The predicted octanol–water partition coefficient (Wildman–Crippen LogP) is 5.97. The minimum absolute atomic E-state index is 0.254. The maximum atomic E-state index is 8.34. The minimum atomic E-state index is 0.254. The van der Waals surface area contributed by atoms with Crippen LogP contribution >= 0.6 is 0 Å². The van der Waals surface area contributed by atoms with Gasteiger partial charge >= 0.3 is 0 Å². The average molecular weight is 415 g/mol. The first-order valence-corrected chi connectivity index (χ1v) is 10.7. The molecule has 0 amide bonds. The summed E-state index contributed by atoms with van der Waals surface area (Å²) in [4.78, 5) is 4.12. The molecule has 4 N–H and O–H groups in total. The number of aliphatic imine (C=N–C) groups is 1. The van der Waals surface area contributed by atoms with E-state index in [2.05, 4.69) is 55.0 Å². The Morgan fingerprint density at radius 1 is 1.29 bits per heavy atom. The van der Waals surface area contributed by atoms with Gasteiger partial charge in [0.15, 0.2) is 0 Å². The third-order valence-corrected chi connectivity index (χ3v) is 5.34. The van der Waals surface area contributed by atoms with Crippen LogP contribution < -0.4 is 11.1 Å². The van der Waals surface area contributed by atoms with E-state index in [4.69, 9.17) is 11.1 Å². The van der Waals surface area contributed by atoms with E-state index in [1.165, 1.54) is 5.56 Å². The van der Waals surface area contributed by atoms with Crippen molar-refractivity contribution in [3.8, 4) is 0 Å². The first kappa shape index (κ1) is 24.0. The van der Waals surface area contributed by atoms with Crippen molar-refractivity contribution in [2.24, 2.45) is 10.9 Å². The molecule has 3 rings (SSSR count). The van der Waals surface area contributed by atoms with Crippen LogP contribution in [0.4, 0.5) is 5.69 Å². The van der Waals surface area contributed by atoms with Gasteiger partial charge in [0.2, 0.25) is 0 Å². The van der Waals surface area contributed by atoms with E-state index in [1.807, 2.05) is 55.8 Å². The van der Waals surface area contributed by atoms with Crippen molar-refractivity contribution in [1.82, 2.24) is 5.32 Å². The lowest BCUT2D eigenvalue weighted by Gasteiger charge is -2.14. The fourth-order valence-electron chi connectivity index (χ4n) is 3.41. The third kappa shape index (κ3) is 6.90. The first-order valence-electron chi connectivity index (χ1n) is 10.7. The molecule has 0 saturated carbocycles. The van der Waals surface area contributed by atoms with E-state index in [1.54, 1.807) is 6.20 Å². The van der Waals surface area contributed by atoms with Crippen LogP contribution in [0.15, 0.2) is 78.5 Å². The third-order valence-electron chi connectivity index (χ3n) is 5.34. The Morgan fingerprint density at radius 3 is 2.61 bits per heavy atom. The van der Waals surface area contributed by atoms with Crippen LogP contribution in [0.1, 0.15) is 48.6 Å². The molecule has 31 heavy (non-hydrogen) atoms. The van der Waals surface area contributed by atoms with E-state index >= 15 is 0 Å². The molecule has 0 saturated heterocycles. The van der Waals surface area contributed by atoms with Crippen molar-refractivity contribution < 1.29 is 0 Å². The summed E-state index contributed by atoms with van der Waals surface area (Å²) in [7, 11) is 1.97. The van der Waals surface area contributed by atoms with Gasteiger partial charge in [-0.2, -0.15) is 0 Å². The Bertz CT molecular complexity index is 955. The number of nitrogens with zero attached hydrogens (tertiary/aromatic N) is 1. The molecule has 162 valence electrons. The summed E-state index contributed by atoms with van der Waals surface area (Å²) in [6.45, 7) is 8.05. The topological polar surface area (TPSA) is 74.3 Å². The molecule has 2 atom stereocenters. The lowest BCUT2D eigenvalue weighted by Crippen LogP contribution is -2.11. The Balaban J connectivity index is 0.000000285. The van der Waals surface area contributed by atoms with Gasteiger partial charge in [-0.15, -0.1) is 0 Å². The Kier molecular flexibility index (Phi) is 9.66. The number of nitrogen functional groups attached to an aromatic ring is 1. The summed E-state index contributed by atoms with van der Waals surface area (Å²) in [6.07, 6.45) is 13.1. The molecule has 1 heterocycles. The number of rotatable bonds is 7. The fraction of sp³-hybridized carbons (Fsp3) is 0.259. The maximum Gasteiger partial charge on any atom is 0.0632 e. The van der Waals surface area contributed by atoms with Gasteiger partial charge in [-0.3, -0.25) is 4.99 Å². The lowest BCUT2D eigenvalue weighted by molar-refractivity contribution is 0.652. The highest BCUT2D eigenvalue weighted by atomic mass is 14.8. The second-order valence-electron chi connectivity index (χ2n) is 7.43. The Morgan fingerprint density at radius 2 is 2.03 bits per heavy atom. The number of nitrogens with two attached hydrogens (primary N) is 1. The summed E-state index contributed by atoms with van der Waals surface area (Å²) in [5, 5.41) is 11.5. The number of anilines is 1. The molecule has 0 bridgehead atoms. The molecule has 4 nitrogen and oxygen atoms in total. The van der Waals surface area contributed by atoms with Gasteiger partial charge in [-0.25, -0.2) is 0 Å². The molecule has 1 aliphatic heterocycles. The summed E-state index contributed by atoms with van der Waals surface area (Å²) in [6, 6.07) is 14.7. The first-order chi connectivity index (χ1) is 15.0. The largest absolute Gasteiger partial charge is 0.398 e. The Hall–Kier alpha value is -3.24. The van der Waals surface area contributed by atoms with Crippen LogP contribution in [-0.4, -0.2) is 19.0 Å². The summed E-state index contributed by atoms with van der Waals surface area (Å²) < 4.78 is 0. The van der Waals surface area contributed by atoms with Gasteiger partial charge in [-0.05, 0) is 55.6 Å². The van der Waals surface area contributed by atoms with Crippen LogP contribution in [0, 0.1) is 11.3 Å². The van der Waals surface area contributed by atoms with Crippen molar-refractivity contribution in [1.29, 1.82) is 5.41 Å². The fourth-order valence-corrected chi connectivity index (χ4v) is 3.41. The van der Waals surface area contributed by atoms with Crippen LogP contribution in [0.2, 0.25) is 0 Å². The van der Waals surface area contributed by atoms with Gasteiger partial charge < -0.3 is 16.5 Å². The van der Waals surface area contributed by atoms with Crippen molar-refractivity contribution in [3.63, 3.8) is 0 Å². The lowest BCUT2D eigenvalue weighted by atomic mass is 9.93. The number of nitrogens with one attached hydrogen (secondary N) is 2. The van der Waals surface area contributed by atoms with Crippen LogP contribution in [-0.2, 0) is 6.42 Å². The molecule has 0 spiro atoms. The minimum Gasteiger partial charge on any atom is -0.398 e. The van der Waals surface area contributed by atoms with Crippen molar-refractivity contribution in [2.75, 3.05) is 12.8 Å². The second-order valence-corrected chi connectivity index (χ2v) is 7.43. The molecule has 2 aromatic rings. The zero-order valence-electron chi connectivity index (χ0n) is 18.8. The molecule has 2 unspecified atom stereocenters. The van der Waals surface area contributed by atoms with E-state index < -0.39 is 0 Å². The molecule has 4 heteroatoms. The second kappa shape index (κ2) is 12.5. The standard InChI is InChI=1S/C18H21N3.C9H13N/c1-3-14-8-10-17(20)18(15(14)4-2)16(19)9-7-13-6-5-11-21-12-13;1-8(10-2)9-6-4-3-5-7-9/h3,5,7-13,19H,1,4,6,20H2,2H3;3-8,10H,1-2H3/b9-7+,19-16?;. The highest BCUT2D eigenvalue weighted by molar-refractivity contribution is 6.11. The van der Waals surface area contributed by atoms with E-state index in [0.29, 0.717) is 17.4 Å². The average Bonchev–Trinajstić information content (AvgIpc) is 2.83. The van der Waals surface area contributed by atoms with Gasteiger partial charge in [-0.1, -0.05) is 68.1 Å². The summed E-state index contributed by atoms with van der Waals surface area (Å²) >= 11 is 0. The number of hydrogen-bond donors (Lipinski definition) is 3. The molecular formula is C27H34N4. The zero-order valence-corrected chi connectivity index (χ0v) is 18.8. The van der Waals surface area contributed by atoms with Crippen molar-refractivity contribution in [2.45, 2.75) is 32.7 Å².